The summed E-state index contributed by atoms with van der Waals surface area (Å²) in [6.07, 6.45) is 8.52. The second-order valence-electron chi connectivity index (χ2n) is 3.60. The highest BCUT2D eigenvalue weighted by atomic mass is 16.5. The Balaban J connectivity index is 2.61. The standard InChI is InChI=1S/C15H18N2O2/c1-4-5-6-13(2)17-12-14-11-15(7-8-16-14)19-10-9-18-3/h4-8,11-12H,1-2,9-10H2,3H3/b6-5-,17-12?. The fraction of sp³-hybridized carbons (Fsp3) is 0.200. The van der Waals surface area contributed by atoms with Gasteiger partial charge < -0.3 is 9.47 Å². The molecule has 100 valence electrons. The van der Waals surface area contributed by atoms with Gasteiger partial charge in [0.15, 0.2) is 0 Å². The Morgan fingerprint density at radius 2 is 2.32 bits per heavy atom. The summed E-state index contributed by atoms with van der Waals surface area (Å²) in [6.45, 7) is 8.42. The fourth-order valence-corrected chi connectivity index (χ4v) is 1.20. The zero-order valence-corrected chi connectivity index (χ0v) is 11.1. The van der Waals surface area contributed by atoms with Crippen LogP contribution in [0.5, 0.6) is 5.75 Å². The number of aliphatic imine (C=N–C) groups is 1. The Morgan fingerprint density at radius 1 is 1.47 bits per heavy atom. The van der Waals surface area contributed by atoms with Crippen molar-refractivity contribution in [1.82, 2.24) is 4.98 Å². The topological polar surface area (TPSA) is 43.7 Å². The lowest BCUT2D eigenvalue weighted by Gasteiger charge is -2.05. The molecule has 0 saturated carbocycles. The number of rotatable bonds is 8. The van der Waals surface area contributed by atoms with Gasteiger partial charge in [-0.05, 0) is 12.1 Å². The molecule has 0 radical (unpaired) electrons. The number of allylic oxidation sites excluding steroid dienone is 3. The van der Waals surface area contributed by atoms with Gasteiger partial charge in [0, 0.05) is 19.4 Å². The van der Waals surface area contributed by atoms with Crippen molar-refractivity contribution in [3.63, 3.8) is 0 Å². The van der Waals surface area contributed by atoms with E-state index in [0.29, 0.717) is 24.6 Å². The Kier molecular flexibility index (Phi) is 6.90. The molecule has 0 bridgehead atoms. The van der Waals surface area contributed by atoms with Crippen molar-refractivity contribution in [2.24, 2.45) is 4.99 Å². The molecule has 0 aromatic carbocycles. The van der Waals surface area contributed by atoms with Crippen LogP contribution in [0.1, 0.15) is 5.69 Å². The van der Waals surface area contributed by atoms with Gasteiger partial charge in [0.1, 0.15) is 12.4 Å². The maximum Gasteiger partial charge on any atom is 0.123 e. The van der Waals surface area contributed by atoms with Crippen molar-refractivity contribution in [1.29, 1.82) is 0 Å². The molecule has 0 spiro atoms. The zero-order chi connectivity index (χ0) is 13.9. The average Bonchev–Trinajstić information content (AvgIpc) is 2.44. The molecule has 1 aromatic heterocycles. The van der Waals surface area contributed by atoms with Gasteiger partial charge in [-0.15, -0.1) is 0 Å². The number of aromatic nitrogens is 1. The van der Waals surface area contributed by atoms with Gasteiger partial charge in [0.05, 0.1) is 24.2 Å². The third-order valence-electron chi connectivity index (χ3n) is 2.10. The number of pyridine rings is 1. The van der Waals surface area contributed by atoms with Crippen molar-refractivity contribution in [3.8, 4) is 5.75 Å². The number of hydrogen-bond donors (Lipinski definition) is 0. The van der Waals surface area contributed by atoms with Crippen molar-refractivity contribution in [2.75, 3.05) is 20.3 Å². The van der Waals surface area contributed by atoms with Crippen LogP contribution in [0.2, 0.25) is 0 Å². The SMILES string of the molecule is C=C/C=C\C(=C)N=Cc1cc(OCCOC)ccn1. The van der Waals surface area contributed by atoms with Gasteiger partial charge in [-0.2, -0.15) is 0 Å². The third-order valence-corrected chi connectivity index (χ3v) is 2.10. The van der Waals surface area contributed by atoms with Crippen molar-refractivity contribution in [3.05, 3.63) is 61.1 Å². The molecule has 4 nitrogen and oxygen atoms in total. The van der Waals surface area contributed by atoms with Crippen molar-refractivity contribution < 1.29 is 9.47 Å². The summed E-state index contributed by atoms with van der Waals surface area (Å²) in [6, 6.07) is 3.60. The largest absolute Gasteiger partial charge is 0.491 e. The molecular formula is C15H18N2O2. The zero-order valence-electron chi connectivity index (χ0n) is 11.1. The van der Waals surface area contributed by atoms with E-state index in [1.54, 1.807) is 43.8 Å². The Bertz CT molecular complexity index is 479. The van der Waals surface area contributed by atoms with E-state index in [9.17, 15) is 0 Å². The first kappa shape index (κ1) is 14.9. The summed E-state index contributed by atoms with van der Waals surface area (Å²) in [5.41, 5.74) is 1.34. The lowest BCUT2D eigenvalue weighted by Crippen LogP contribution is -2.04. The van der Waals surface area contributed by atoms with Crippen molar-refractivity contribution in [2.45, 2.75) is 0 Å². The molecule has 1 aromatic rings. The molecule has 0 saturated heterocycles. The van der Waals surface area contributed by atoms with E-state index < -0.39 is 0 Å². The molecule has 0 aliphatic carbocycles. The summed E-state index contributed by atoms with van der Waals surface area (Å²) < 4.78 is 10.4. The van der Waals surface area contributed by atoms with Gasteiger partial charge in [-0.3, -0.25) is 9.98 Å². The van der Waals surface area contributed by atoms with Crippen LogP contribution >= 0.6 is 0 Å². The Hall–Kier alpha value is -2.20. The van der Waals surface area contributed by atoms with E-state index >= 15 is 0 Å². The third kappa shape index (κ3) is 6.33. The molecule has 0 unspecified atom stereocenters. The summed E-state index contributed by atoms with van der Waals surface area (Å²) in [5.74, 6) is 0.737. The Morgan fingerprint density at radius 3 is 3.05 bits per heavy atom. The molecular weight excluding hydrogens is 240 g/mol. The highest BCUT2D eigenvalue weighted by Gasteiger charge is 1.96. The van der Waals surface area contributed by atoms with Gasteiger partial charge >= 0.3 is 0 Å². The number of nitrogens with zero attached hydrogens (tertiary/aromatic N) is 2. The highest BCUT2D eigenvalue weighted by molar-refractivity contribution is 5.78. The summed E-state index contributed by atoms with van der Waals surface area (Å²) in [5, 5.41) is 0. The van der Waals surface area contributed by atoms with Crippen LogP contribution in [0.4, 0.5) is 0 Å². The molecule has 0 fully saturated rings. The first-order chi connectivity index (χ1) is 9.26. The van der Waals surface area contributed by atoms with Crippen LogP contribution in [0.3, 0.4) is 0 Å². The lowest BCUT2D eigenvalue weighted by atomic mass is 10.3. The average molecular weight is 258 g/mol. The molecule has 0 aliphatic heterocycles. The van der Waals surface area contributed by atoms with Crippen LogP contribution < -0.4 is 4.74 Å². The monoisotopic (exact) mass is 258 g/mol. The maximum absolute atomic E-state index is 5.48. The van der Waals surface area contributed by atoms with Crippen LogP contribution in [0.15, 0.2) is 60.4 Å². The van der Waals surface area contributed by atoms with E-state index in [0.717, 1.165) is 5.75 Å². The minimum absolute atomic E-state index is 0.506. The van der Waals surface area contributed by atoms with Gasteiger partial charge in [0.2, 0.25) is 0 Å². The van der Waals surface area contributed by atoms with E-state index in [4.69, 9.17) is 9.47 Å². The predicted octanol–water partition coefficient (Wildman–Crippen LogP) is 2.78. The molecule has 1 rings (SSSR count). The quantitative estimate of drug-likeness (QED) is 0.409. The second kappa shape index (κ2) is 8.83. The number of methoxy groups -OCH3 is 1. The van der Waals surface area contributed by atoms with E-state index in [-0.39, 0.29) is 0 Å². The molecule has 0 N–H and O–H groups in total. The van der Waals surface area contributed by atoms with Gasteiger partial charge in [-0.25, -0.2) is 0 Å². The fourth-order valence-electron chi connectivity index (χ4n) is 1.20. The first-order valence-corrected chi connectivity index (χ1v) is 5.86. The van der Waals surface area contributed by atoms with Crippen LogP contribution in [0, 0.1) is 0 Å². The molecule has 0 atom stereocenters. The molecule has 4 heteroatoms. The van der Waals surface area contributed by atoms with Crippen LogP contribution in [-0.4, -0.2) is 31.5 Å². The minimum Gasteiger partial charge on any atom is -0.491 e. The second-order valence-corrected chi connectivity index (χ2v) is 3.60. The van der Waals surface area contributed by atoms with Crippen molar-refractivity contribution >= 4 is 6.21 Å². The maximum atomic E-state index is 5.48. The minimum atomic E-state index is 0.506. The van der Waals surface area contributed by atoms with E-state index in [1.165, 1.54) is 0 Å². The normalized spacial score (nSPS) is 11.0. The smallest absolute Gasteiger partial charge is 0.123 e. The van der Waals surface area contributed by atoms with Gasteiger partial charge in [0.25, 0.3) is 0 Å². The van der Waals surface area contributed by atoms with E-state index in [2.05, 4.69) is 23.1 Å². The lowest BCUT2D eigenvalue weighted by molar-refractivity contribution is 0.146. The predicted molar refractivity (Wildman–Crippen MR) is 77.7 cm³/mol. The summed E-state index contributed by atoms with van der Waals surface area (Å²) in [7, 11) is 1.64. The number of hydrogen-bond acceptors (Lipinski definition) is 4. The van der Waals surface area contributed by atoms with Gasteiger partial charge in [-0.1, -0.05) is 25.3 Å². The van der Waals surface area contributed by atoms with Crippen LogP contribution in [0.25, 0.3) is 0 Å². The highest BCUT2D eigenvalue weighted by Crippen LogP contribution is 2.10. The molecule has 0 amide bonds. The molecule has 0 aliphatic rings. The summed E-state index contributed by atoms with van der Waals surface area (Å²) >= 11 is 0. The molecule has 1 heterocycles. The number of ether oxygens (including phenoxy) is 2. The first-order valence-electron chi connectivity index (χ1n) is 5.86. The van der Waals surface area contributed by atoms with E-state index in [1.807, 2.05) is 6.07 Å². The Labute approximate surface area is 113 Å². The van der Waals surface area contributed by atoms with Crippen LogP contribution in [-0.2, 0) is 4.74 Å². The molecule has 19 heavy (non-hydrogen) atoms. The summed E-state index contributed by atoms with van der Waals surface area (Å²) in [4.78, 5) is 8.35.